The third-order valence-electron chi connectivity index (χ3n) is 3.12. The largest absolute Gasteiger partial charge is 0.476 e. The van der Waals surface area contributed by atoms with Crippen molar-refractivity contribution in [3.63, 3.8) is 0 Å². The molecule has 0 radical (unpaired) electrons. The number of aromatic nitrogens is 3. The summed E-state index contributed by atoms with van der Waals surface area (Å²) in [6.07, 6.45) is 1.88. The summed E-state index contributed by atoms with van der Waals surface area (Å²) in [6.45, 7) is 4.51. The van der Waals surface area contributed by atoms with Crippen molar-refractivity contribution in [1.29, 1.82) is 0 Å². The fourth-order valence-corrected chi connectivity index (χ4v) is 2.26. The van der Waals surface area contributed by atoms with Gasteiger partial charge in [0.15, 0.2) is 5.69 Å². The molecule has 1 aliphatic heterocycles. The van der Waals surface area contributed by atoms with Gasteiger partial charge in [0.05, 0.1) is 12.2 Å². The molecule has 1 aromatic heterocycles. The van der Waals surface area contributed by atoms with E-state index in [2.05, 4.69) is 15.6 Å². The van der Waals surface area contributed by atoms with Crippen molar-refractivity contribution in [2.24, 2.45) is 5.92 Å². The zero-order valence-corrected chi connectivity index (χ0v) is 11.1. The van der Waals surface area contributed by atoms with Gasteiger partial charge in [-0.15, -0.1) is 5.10 Å². The van der Waals surface area contributed by atoms with Gasteiger partial charge >= 0.3 is 5.97 Å². The molecule has 0 spiro atoms. The van der Waals surface area contributed by atoms with Gasteiger partial charge < -0.3 is 10.4 Å². The van der Waals surface area contributed by atoms with E-state index in [9.17, 15) is 9.59 Å². The molecule has 2 N–H and O–H groups in total. The molecule has 0 aliphatic carbocycles. The number of carboxylic acid groups (broad SMARTS) is 1. The SMILES string of the molecule is CC(C)Cc1c(C(=O)O)nnn1CC1CCC(=O)N1. The van der Waals surface area contributed by atoms with E-state index in [1.165, 1.54) is 0 Å². The van der Waals surface area contributed by atoms with Crippen LogP contribution in [0.3, 0.4) is 0 Å². The monoisotopic (exact) mass is 266 g/mol. The maximum absolute atomic E-state index is 11.2. The van der Waals surface area contributed by atoms with Crippen molar-refractivity contribution in [2.45, 2.75) is 45.7 Å². The summed E-state index contributed by atoms with van der Waals surface area (Å²) in [5, 5.41) is 19.6. The minimum atomic E-state index is -1.06. The molecule has 1 unspecified atom stereocenters. The second kappa shape index (κ2) is 5.38. The lowest BCUT2D eigenvalue weighted by Gasteiger charge is -2.13. The molecular weight excluding hydrogens is 248 g/mol. The van der Waals surface area contributed by atoms with Crippen molar-refractivity contribution < 1.29 is 14.7 Å². The molecule has 1 aromatic rings. The van der Waals surface area contributed by atoms with E-state index in [-0.39, 0.29) is 17.6 Å². The molecule has 2 heterocycles. The number of hydrogen-bond donors (Lipinski definition) is 2. The van der Waals surface area contributed by atoms with E-state index >= 15 is 0 Å². The van der Waals surface area contributed by atoms with Crippen molar-refractivity contribution >= 4 is 11.9 Å². The van der Waals surface area contributed by atoms with Crippen LogP contribution >= 0.6 is 0 Å². The first-order chi connectivity index (χ1) is 8.97. The van der Waals surface area contributed by atoms with Crippen molar-refractivity contribution in [3.8, 4) is 0 Å². The summed E-state index contributed by atoms with van der Waals surface area (Å²) >= 11 is 0. The summed E-state index contributed by atoms with van der Waals surface area (Å²) in [6, 6.07) is 0.0155. The maximum Gasteiger partial charge on any atom is 0.358 e. The van der Waals surface area contributed by atoms with Crippen LogP contribution in [0, 0.1) is 5.92 Å². The number of hydrogen-bond acceptors (Lipinski definition) is 4. The lowest BCUT2D eigenvalue weighted by molar-refractivity contribution is -0.119. The molecule has 7 nitrogen and oxygen atoms in total. The molecule has 1 atom stereocenters. The number of rotatable bonds is 5. The minimum Gasteiger partial charge on any atom is -0.476 e. The summed E-state index contributed by atoms with van der Waals surface area (Å²) in [4.78, 5) is 22.3. The number of aromatic carboxylic acids is 1. The fraction of sp³-hybridized carbons (Fsp3) is 0.667. The average molecular weight is 266 g/mol. The van der Waals surface area contributed by atoms with E-state index in [1.807, 2.05) is 13.8 Å². The molecule has 1 amide bonds. The third-order valence-corrected chi connectivity index (χ3v) is 3.12. The van der Waals surface area contributed by atoms with Crippen LogP contribution < -0.4 is 5.32 Å². The van der Waals surface area contributed by atoms with Crippen LogP contribution in [0.1, 0.15) is 42.9 Å². The van der Waals surface area contributed by atoms with Gasteiger partial charge in [0.2, 0.25) is 5.91 Å². The number of carbonyl (C=O) groups excluding carboxylic acids is 1. The molecule has 1 aliphatic rings. The Hall–Kier alpha value is -1.92. The van der Waals surface area contributed by atoms with Gasteiger partial charge in [0.25, 0.3) is 0 Å². The first kappa shape index (κ1) is 13.5. The van der Waals surface area contributed by atoms with E-state index < -0.39 is 5.97 Å². The van der Waals surface area contributed by atoms with Crippen molar-refractivity contribution in [3.05, 3.63) is 11.4 Å². The quantitative estimate of drug-likeness (QED) is 0.806. The van der Waals surface area contributed by atoms with Crippen molar-refractivity contribution in [2.75, 3.05) is 0 Å². The predicted octanol–water partition coefficient (Wildman–Crippen LogP) is 0.453. The van der Waals surface area contributed by atoms with E-state index in [1.54, 1.807) is 4.68 Å². The molecule has 0 aromatic carbocycles. The molecule has 2 rings (SSSR count). The zero-order chi connectivity index (χ0) is 14.0. The standard InChI is InChI=1S/C12H18N4O3/c1-7(2)5-9-11(12(18)19)14-15-16(9)6-8-3-4-10(17)13-8/h7-8H,3-6H2,1-2H3,(H,13,17)(H,18,19). The summed E-state index contributed by atoms with van der Waals surface area (Å²) < 4.78 is 1.61. The molecule has 19 heavy (non-hydrogen) atoms. The number of amides is 1. The van der Waals surface area contributed by atoms with Crippen LogP contribution in [0.15, 0.2) is 0 Å². The Bertz CT molecular complexity index is 495. The number of carboxylic acids is 1. The Morgan fingerprint density at radius 2 is 2.32 bits per heavy atom. The number of nitrogens with zero attached hydrogens (tertiary/aromatic N) is 3. The van der Waals surface area contributed by atoms with Gasteiger partial charge in [-0.05, 0) is 18.8 Å². The smallest absolute Gasteiger partial charge is 0.358 e. The van der Waals surface area contributed by atoms with Gasteiger partial charge in [-0.1, -0.05) is 19.1 Å². The lowest BCUT2D eigenvalue weighted by Crippen LogP contribution is -2.30. The highest BCUT2D eigenvalue weighted by Gasteiger charge is 2.25. The van der Waals surface area contributed by atoms with Gasteiger partial charge in [-0.25, -0.2) is 9.48 Å². The Labute approximate surface area is 111 Å². The Morgan fingerprint density at radius 3 is 2.84 bits per heavy atom. The molecule has 0 saturated carbocycles. The van der Waals surface area contributed by atoms with Crippen molar-refractivity contribution in [1.82, 2.24) is 20.3 Å². The van der Waals surface area contributed by atoms with Crippen LogP contribution in [-0.2, 0) is 17.8 Å². The molecule has 1 saturated heterocycles. The Kier molecular flexibility index (Phi) is 3.82. The van der Waals surface area contributed by atoms with Crippen LogP contribution in [0.2, 0.25) is 0 Å². The summed E-state index contributed by atoms with van der Waals surface area (Å²) in [5.74, 6) is -0.708. The summed E-state index contributed by atoms with van der Waals surface area (Å²) in [7, 11) is 0. The van der Waals surface area contributed by atoms with Crippen LogP contribution in [0.25, 0.3) is 0 Å². The zero-order valence-electron chi connectivity index (χ0n) is 11.1. The second-order valence-electron chi connectivity index (χ2n) is 5.27. The van der Waals surface area contributed by atoms with Gasteiger partial charge in [0.1, 0.15) is 0 Å². The van der Waals surface area contributed by atoms with Gasteiger partial charge in [-0.3, -0.25) is 4.79 Å². The van der Waals surface area contributed by atoms with E-state index in [4.69, 9.17) is 5.11 Å². The highest BCUT2D eigenvalue weighted by molar-refractivity contribution is 5.86. The summed E-state index contributed by atoms with van der Waals surface area (Å²) in [5.41, 5.74) is 0.640. The molecule has 1 fully saturated rings. The first-order valence-electron chi connectivity index (χ1n) is 6.42. The predicted molar refractivity (Wildman–Crippen MR) is 66.7 cm³/mol. The Morgan fingerprint density at radius 1 is 1.58 bits per heavy atom. The molecule has 0 bridgehead atoms. The highest BCUT2D eigenvalue weighted by atomic mass is 16.4. The average Bonchev–Trinajstić information content (AvgIpc) is 2.87. The Balaban J connectivity index is 2.19. The van der Waals surface area contributed by atoms with Crippen LogP contribution in [0.4, 0.5) is 0 Å². The van der Waals surface area contributed by atoms with Crippen LogP contribution in [0.5, 0.6) is 0 Å². The third kappa shape index (κ3) is 3.10. The van der Waals surface area contributed by atoms with Gasteiger partial charge in [0, 0.05) is 12.5 Å². The lowest BCUT2D eigenvalue weighted by atomic mass is 10.1. The van der Waals surface area contributed by atoms with Gasteiger partial charge in [-0.2, -0.15) is 0 Å². The molecular formula is C12H18N4O3. The highest BCUT2D eigenvalue weighted by Crippen LogP contribution is 2.15. The molecule has 104 valence electrons. The minimum absolute atomic E-state index is 0.0121. The van der Waals surface area contributed by atoms with E-state index in [0.717, 1.165) is 6.42 Å². The maximum atomic E-state index is 11.2. The van der Waals surface area contributed by atoms with E-state index in [0.29, 0.717) is 31.0 Å². The topological polar surface area (TPSA) is 97.1 Å². The normalized spacial score (nSPS) is 18.9. The fourth-order valence-electron chi connectivity index (χ4n) is 2.26. The van der Waals surface area contributed by atoms with Crippen LogP contribution in [-0.4, -0.2) is 38.0 Å². The number of carbonyl (C=O) groups is 2. The first-order valence-corrected chi connectivity index (χ1v) is 6.42. The second-order valence-corrected chi connectivity index (χ2v) is 5.27. The molecule has 7 heteroatoms. The number of nitrogens with one attached hydrogen (secondary N) is 1.